The highest BCUT2D eigenvalue weighted by molar-refractivity contribution is 7.91. The first kappa shape index (κ1) is 61.5. The molecule has 0 aromatic carbocycles. The lowest BCUT2D eigenvalue weighted by Gasteiger charge is -2.27. The number of piperidine rings is 1. The molecule has 15 nitrogen and oxygen atoms in total. The van der Waals surface area contributed by atoms with Gasteiger partial charge in [0.1, 0.15) is 0 Å². The van der Waals surface area contributed by atoms with Gasteiger partial charge in [-0.2, -0.15) is 0 Å². The van der Waals surface area contributed by atoms with E-state index < -0.39 is 9.84 Å². The number of likely N-dealkylation sites (tertiary alicyclic amines) is 2. The molecular weight excluding hydrogens is 779 g/mol. The zero-order chi connectivity index (χ0) is 45.8. The molecule has 0 aliphatic carbocycles. The van der Waals surface area contributed by atoms with Crippen molar-refractivity contribution in [3.63, 3.8) is 0 Å². The summed E-state index contributed by atoms with van der Waals surface area (Å²) in [5, 5.41) is 0. The van der Waals surface area contributed by atoms with E-state index in [-0.39, 0.29) is 0 Å². The zero-order valence-electron chi connectivity index (χ0n) is 42.5. The van der Waals surface area contributed by atoms with Crippen LogP contribution in [0.3, 0.4) is 0 Å². The van der Waals surface area contributed by atoms with E-state index in [9.17, 15) is 8.42 Å². The lowest BCUT2D eigenvalue weighted by atomic mass is 10.1. The summed E-state index contributed by atoms with van der Waals surface area (Å²) in [5.74, 6) is 0.668. The molecule has 0 atom stereocenters. The highest BCUT2D eigenvalue weighted by atomic mass is 32.2. The molecule has 4 aliphatic rings. The minimum Gasteiger partial charge on any atom is -0.383 e. The molecule has 60 heavy (non-hydrogen) atoms. The number of rotatable bonds is 18. The van der Waals surface area contributed by atoms with Crippen LogP contribution >= 0.6 is 0 Å². The first-order chi connectivity index (χ1) is 28.3. The van der Waals surface area contributed by atoms with Gasteiger partial charge in [-0.1, -0.05) is 6.42 Å². The molecule has 4 fully saturated rings. The van der Waals surface area contributed by atoms with Gasteiger partial charge in [-0.05, 0) is 151 Å². The molecule has 0 amide bonds. The first-order valence-corrected chi connectivity index (χ1v) is 24.8. The van der Waals surface area contributed by atoms with Crippen LogP contribution < -0.4 is 0 Å². The molecule has 0 unspecified atom stereocenters. The standard InChI is InChI=1S/C9H20N2.C8H18N2O2S.C8H18N2O.C8H18N2.C6H16N2.C5H13NO/c1-10(2)8-9-11-6-4-3-5-7-11;1-9(2)3-4-10-5-7-13(11,12)8-6-10;1-9(2)3-4-10-5-7-11-8-6-10;1-9(2)7-8-10-5-3-4-6-10;1-7(2)5-6-8(3)4;1-6(2)4-5-7-3/h3-9H2,1-2H3;3-8H2,1-2H3;3-8H2,1-2H3;3-8H2,1-2H3;5-6H2,1-4H3;4-5H2,1-3H3. The van der Waals surface area contributed by atoms with E-state index in [4.69, 9.17) is 9.47 Å². The van der Waals surface area contributed by atoms with Crippen LogP contribution in [0.2, 0.25) is 0 Å². The highest BCUT2D eigenvalue weighted by Crippen LogP contribution is 2.08. The summed E-state index contributed by atoms with van der Waals surface area (Å²) in [6, 6.07) is 0. The van der Waals surface area contributed by atoms with Gasteiger partial charge in [-0.25, -0.2) is 8.42 Å². The molecule has 0 radical (unpaired) electrons. The van der Waals surface area contributed by atoms with E-state index in [0.29, 0.717) is 24.6 Å². The van der Waals surface area contributed by atoms with Crippen molar-refractivity contribution in [2.75, 3.05) is 261 Å². The van der Waals surface area contributed by atoms with Gasteiger partial charge in [0.2, 0.25) is 0 Å². The largest absolute Gasteiger partial charge is 0.383 e. The van der Waals surface area contributed by atoms with Crippen LogP contribution in [0, 0.1) is 0 Å². The van der Waals surface area contributed by atoms with E-state index in [1.54, 1.807) is 7.11 Å². The second-order valence-electron chi connectivity index (χ2n) is 18.5. The van der Waals surface area contributed by atoms with Crippen molar-refractivity contribution in [1.82, 2.24) is 53.9 Å². The molecule has 0 bridgehead atoms. The zero-order valence-corrected chi connectivity index (χ0v) is 43.3. The molecule has 0 N–H and O–H groups in total. The number of likely N-dealkylation sites (N-methyl/N-ethyl adjacent to an activating group) is 7. The van der Waals surface area contributed by atoms with Crippen molar-refractivity contribution in [3.05, 3.63) is 0 Å². The molecule has 4 heterocycles. The third-order valence-electron chi connectivity index (χ3n) is 10.4. The molecule has 0 spiro atoms. The summed E-state index contributed by atoms with van der Waals surface area (Å²) in [6.07, 6.45) is 7.08. The van der Waals surface area contributed by atoms with Crippen molar-refractivity contribution >= 4 is 9.84 Å². The number of ether oxygens (including phenoxy) is 2. The Morgan fingerprint density at radius 2 is 0.683 bits per heavy atom. The van der Waals surface area contributed by atoms with Crippen LogP contribution in [0.1, 0.15) is 32.1 Å². The SMILES string of the molecule is CN(C)CCN(C)C.CN(C)CCN1CCCC1.CN(C)CCN1CCCCC1.CN(C)CCN1CCOCC1.CN(C)CCN1CCS(=O)(=O)CC1.COCCN(C)C. The molecule has 364 valence electrons. The summed E-state index contributed by atoms with van der Waals surface area (Å²) in [7, 11) is 28.2. The van der Waals surface area contributed by atoms with Crippen LogP contribution in [0.4, 0.5) is 0 Å². The minimum absolute atomic E-state index is 0.334. The number of hydrogen-bond acceptors (Lipinski definition) is 15. The van der Waals surface area contributed by atoms with Crippen LogP contribution in [0.25, 0.3) is 0 Å². The Morgan fingerprint density at radius 1 is 0.400 bits per heavy atom. The number of hydrogen-bond donors (Lipinski definition) is 0. The quantitative estimate of drug-likeness (QED) is 0.197. The van der Waals surface area contributed by atoms with Crippen molar-refractivity contribution in [2.45, 2.75) is 32.1 Å². The Labute approximate surface area is 374 Å². The summed E-state index contributed by atoms with van der Waals surface area (Å²) < 4.78 is 32.3. The fourth-order valence-electron chi connectivity index (χ4n) is 6.03. The van der Waals surface area contributed by atoms with Crippen LogP contribution in [-0.4, -0.2) is 324 Å². The van der Waals surface area contributed by atoms with Crippen LogP contribution in [0.15, 0.2) is 0 Å². The van der Waals surface area contributed by atoms with Crippen LogP contribution in [-0.2, 0) is 19.3 Å². The molecule has 4 aliphatic heterocycles. The Hall–Kier alpha value is -0.570. The van der Waals surface area contributed by atoms with Gasteiger partial charge in [0.15, 0.2) is 9.84 Å². The molecule has 0 aromatic heterocycles. The third-order valence-corrected chi connectivity index (χ3v) is 12.0. The maximum absolute atomic E-state index is 11.1. The van der Waals surface area contributed by atoms with Crippen molar-refractivity contribution in [1.29, 1.82) is 0 Å². The molecule has 4 rings (SSSR count). The predicted octanol–water partition coefficient (Wildman–Crippen LogP) is 1.14. The molecule has 16 heteroatoms. The summed E-state index contributed by atoms with van der Waals surface area (Å²) in [4.78, 5) is 25.1. The van der Waals surface area contributed by atoms with Gasteiger partial charge in [-0.3, -0.25) is 4.90 Å². The van der Waals surface area contributed by atoms with Gasteiger partial charge in [0.05, 0.1) is 31.3 Å². The normalized spacial score (nSPS) is 19.0. The average molecular weight is 882 g/mol. The fraction of sp³-hybridized carbons (Fsp3) is 1.00. The molecule has 0 saturated carbocycles. The second-order valence-corrected chi connectivity index (χ2v) is 20.8. The monoisotopic (exact) mass is 882 g/mol. The van der Waals surface area contributed by atoms with Gasteiger partial charge in [0, 0.05) is 105 Å². The van der Waals surface area contributed by atoms with Crippen molar-refractivity contribution in [2.24, 2.45) is 0 Å². The number of methoxy groups -OCH3 is 1. The second kappa shape index (κ2) is 40.0. The van der Waals surface area contributed by atoms with Gasteiger partial charge in [-0.15, -0.1) is 0 Å². The van der Waals surface area contributed by atoms with E-state index in [0.717, 1.165) is 72.2 Å². The summed E-state index contributed by atoms with van der Waals surface area (Å²) in [5.41, 5.74) is 0. The predicted molar refractivity (Wildman–Crippen MR) is 260 cm³/mol. The molecule has 0 aromatic rings. The van der Waals surface area contributed by atoms with Gasteiger partial charge >= 0.3 is 0 Å². The summed E-state index contributed by atoms with van der Waals surface area (Å²) >= 11 is 0. The lowest BCUT2D eigenvalue weighted by Crippen LogP contribution is -2.42. The number of nitrogens with zero attached hydrogens (tertiary/aromatic N) is 11. The lowest BCUT2D eigenvalue weighted by molar-refractivity contribution is 0.0354. The van der Waals surface area contributed by atoms with Gasteiger partial charge in [0.25, 0.3) is 0 Å². The maximum Gasteiger partial charge on any atom is 0.152 e. The molecular formula is C44H103N11O4S. The third kappa shape index (κ3) is 45.5. The average Bonchev–Trinajstić information content (AvgIpc) is 3.73. The summed E-state index contributed by atoms with van der Waals surface area (Å²) in [6.45, 7) is 24.1. The smallest absolute Gasteiger partial charge is 0.152 e. The topological polar surface area (TPSA) is 88.2 Å². The van der Waals surface area contributed by atoms with Gasteiger partial charge < -0.3 is 58.5 Å². The van der Waals surface area contributed by atoms with E-state index in [2.05, 4.69) is 124 Å². The Balaban J connectivity index is 0. The van der Waals surface area contributed by atoms with E-state index >= 15 is 0 Å². The van der Waals surface area contributed by atoms with Crippen molar-refractivity contribution < 1.29 is 17.9 Å². The Kier molecular flexibility index (Phi) is 41.0. The maximum atomic E-state index is 11.1. The van der Waals surface area contributed by atoms with E-state index in [1.807, 2.05) is 28.2 Å². The number of morpholine rings is 1. The minimum atomic E-state index is -2.71. The van der Waals surface area contributed by atoms with Crippen LogP contribution in [0.5, 0.6) is 0 Å². The molecule has 4 saturated heterocycles. The van der Waals surface area contributed by atoms with Crippen molar-refractivity contribution in [3.8, 4) is 0 Å². The number of sulfone groups is 1. The first-order valence-electron chi connectivity index (χ1n) is 23.0. The Bertz CT molecular complexity index is 958. The fourth-order valence-corrected chi connectivity index (χ4v) is 7.30. The van der Waals surface area contributed by atoms with E-state index in [1.165, 1.54) is 91.0 Å². The highest BCUT2D eigenvalue weighted by Gasteiger charge is 2.21. The Morgan fingerprint density at radius 3 is 0.967 bits per heavy atom.